The Morgan fingerprint density at radius 2 is 2.18 bits per heavy atom. The molecule has 1 aromatic rings. The lowest BCUT2D eigenvalue weighted by atomic mass is 10.0. The third kappa shape index (κ3) is 3.63. The molecule has 1 atom stereocenters. The fourth-order valence-corrected chi connectivity index (χ4v) is 2.06. The highest BCUT2D eigenvalue weighted by Gasteiger charge is 2.12. The van der Waals surface area contributed by atoms with E-state index in [0.717, 1.165) is 37.3 Å². The molecule has 17 heavy (non-hydrogen) atoms. The van der Waals surface area contributed by atoms with Gasteiger partial charge >= 0.3 is 0 Å². The summed E-state index contributed by atoms with van der Waals surface area (Å²) in [6.45, 7) is 5.13. The summed E-state index contributed by atoms with van der Waals surface area (Å²) in [5, 5.41) is 16.6. The number of nitrogens with one attached hydrogen (secondary N) is 1. The predicted molar refractivity (Wildman–Crippen MR) is 70.9 cm³/mol. The maximum Gasteiger partial charge on any atom is 0.147 e. The van der Waals surface area contributed by atoms with Crippen LogP contribution in [0.25, 0.3) is 0 Å². The molecule has 5 nitrogen and oxygen atoms in total. The van der Waals surface area contributed by atoms with Crippen LogP contribution in [0.1, 0.15) is 31.9 Å². The fourth-order valence-electron chi connectivity index (χ4n) is 2.06. The number of nitrogens with two attached hydrogens (primary N) is 1. The quantitative estimate of drug-likeness (QED) is 0.675. The van der Waals surface area contributed by atoms with Crippen molar-refractivity contribution >= 4 is 11.5 Å². The first-order valence-corrected chi connectivity index (χ1v) is 6.23. The van der Waals surface area contributed by atoms with E-state index in [4.69, 9.17) is 10.8 Å². The summed E-state index contributed by atoms with van der Waals surface area (Å²) in [5.74, 6) is 1.36. The van der Waals surface area contributed by atoms with Crippen LogP contribution in [0, 0.1) is 12.8 Å². The van der Waals surface area contributed by atoms with E-state index in [1.54, 1.807) is 4.68 Å². The Hall–Kier alpha value is -1.23. The summed E-state index contributed by atoms with van der Waals surface area (Å²) in [6, 6.07) is 0. The van der Waals surface area contributed by atoms with Gasteiger partial charge in [-0.15, -0.1) is 0 Å². The lowest BCUT2D eigenvalue weighted by molar-refractivity contribution is 0.255. The number of anilines is 2. The molecule has 0 spiro atoms. The lowest BCUT2D eigenvalue weighted by Gasteiger charge is -2.16. The molecule has 0 aliphatic carbocycles. The number of aryl methyl sites for hydroxylation is 2. The standard InChI is InChI=1S/C12H24N4O/c1-4-5-10(6-7-17)8-14-12-11(13)9(2)15-16(12)3/h10,14,17H,4-8,13H2,1-3H3. The second-order valence-electron chi connectivity index (χ2n) is 4.52. The summed E-state index contributed by atoms with van der Waals surface area (Å²) in [5.41, 5.74) is 7.51. The zero-order valence-electron chi connectivity index (χ0n) is 11.0. The predicted octanol–water partition coefficient (Wildman–Crippen LogP) is 1.52. The van der Waals surface area contributed by atoms with E-state index < -0.39 is 0 Å². The van der Waals surface area contributed by atoms with Crippen molar-refractivity contribution in [2.24, 2.45) is 13.0 Å². The Labute approximate surface area is 103 Å². The number of nitrogens with zero attached hydrogens (tertiary/aromatic N) is 2. The van der Waals surface area contributed by atoms with Crippen LogP contribution in [0.15, 0.2) is 0 Å². The molecule has 0 amide bonds. The monoisotopic (exact) mass is 240 g/mol. The van der Waals surface area contributed by atoms with Crippen LogP contribution in [0.4, 0.5) is 11.5 Å². The smallest absolute Gasteiger partial charge is 0.147 e. The first-order chi connectivity index (χ1) is 8.10. The molecule has 98 valence electrons. The van der Waals surface area contributed by atoms with Crippen molar-refractivity contribution in [1.29, 1.82) is 0 Å². The first-order valence-electron chi connectivity index (χ1n) is 6.23. The van der Waals surface area contributed by atoms with Crippen molar-refractivity contribution in [1.82, 2.24) is 9.78 Å². The SMILES string of the molecule is CCCC(CCO)CNc1c(N)c(C)nn1C. The van der Waals surface area contributed by atoms with Crippen LogP contribution >= 0.6 is 0 Å². The number of aliphatic hydroxyl groups is 1. The fraction of sp³-hybridized carbons (Fsp3) is 0.750. The van der Waals surface area contributed by atoms with Crippen LogP contribution in [-0.2, 0) is 7.05 Å². The molecule has 1 unspecified atom stereocenters. The lowest BCUT2D eigenvalue weighted by Crippen LogP contribution is -2.17. The highest BCUT2D eigenvalue weighted by atomic mass is 16.3. The molecule has 0 saturated heterocycles. The van der Waals surface area contributed by atoms with E-state index in [-0.39, 0.29) is 6.61 Å². The van der Waals surface area contributed by atoms with Gasteiger partial charge in [-0.05, 0) is 25.7 Å². The van der Waals surface area contributed by atoms with Crippen LogP contribution in [0.2, 0.25) is 0 Å². The summed E-state index contributed by atoms with van der Waals surface area (Å²) < 4.78 is 1.77. The molecule has 1 rings (SSSR count). The molecule has 0 radical (unpaired) electrons. The van der Waals surface area contributed by atoms with Gasteiger partial charge in [0, 0.05) is 20.2 Å². The van der Waals surface area contributed by atoms with Crippen LogP contribution in [0.5, 0.6) is 0 Å². The molecule has 4 N–H and O–H groups in total. The van der Waals surface area contributed by atoms with Gasteiger partial charge in [0.25, 0.3) is 0 Å². The van der Waals surface area contributed by atoms with Crippen molar-refractivity contribution in [3.63, 3.8) is 0 Å². The zero-order valence-corrected chi connectivity index (χ0v) is 11.0. The molecule has 1 aromatic heterocycles. The largest absolute Gasteiger partial charge is 0.396 e. The van der Waals surface area contributed by atoms with Gasteiger partial charge in [-0.3, -0.25) is 4.68 Å². The van der Waals surface area contributed by atoms with Gasteiger partial charge in [0.1, 0.15) is 5.82 Å². The molecule has 1 heterocycles. The molecule has 0 saturated carbocycles. The second-order valence-corrected chi connectivity index (χ2v) is 4.52. The third-order valence-corrected chi connectivity index (χ3v) is 3.06. The number of hydrogen-bond acceptors (Lipinski definition) is 4. The Morgan fingerprint density at radius 1 is 1.47 bits per heavy atom. The zero-order chi connectivity index (χ0) is 12.8. The minimum atomic E-state index is 0.242. The van der Waals surface area contributed by atoms with E-state index in [1.165, 1.54) is 0 Å². The average Bonchev–Trinajstić information content (AvgIpc) is 2.51. The minimum absolute atomic E-state index is 0.242. The van der Waals surface area contributed by atoms with Crippen LogP contribution in [0.3, 0.4) is 0 Å². The summed E-state index contributed by atoms with van der Waals surface area (Å²) in [6.07, 6.45) is 3.08. The van der Waals surface area contributed by atoms with Crippen molar-refractivity contribution in [2.45, 2.75) is 33.1 Å². The van der Waals surface area contributed by atoms with E-state index in [1.807, 2.05) is 14.0 Å². The van der Waals surface area contributed by atoms with Gasteiger partial charge in [0.15, 0.2) is 0 Å². The number of hydrogen-bond donors (Lipinski definition) is 3. The average molecular weight is 240 g/mol. The van der Waals surface area contributed by atoms with E-state index in [9.17, 15) is 0 Å². The van der Waals surface area contributed by atoms with E-state index in [0.29, 0.717) is 11.6 Å². The van der Waals surface area contributed by atoms with Gasteiger partial charge in [-0.1, -0.05) is 13.3 Å². The maximum atomic E-state index is 9.00. The molecular weight excluding hydrogens is 216 g/mol. The van der Waals surface area contributed by atoms with Crippen molar-refractivity contribution in [3.05, 3.63) is 5.69 Å². The summed E-state index contributed by atoms with van der Waals surface area (Å²) in [7, 11) is 1.88. The molecule has 0 bridgehead atoms. The molecule has 0 aliphatic heterocycles. The van der Waals surface area contributed by atoms with Gasteiger partial charge in [0.05, 0.1) is 11.4 Å². The number of nitrogen functional groups attached to an aromatic ring is 1. The normalized spacial score (nSPS) is 12.7. The van der Waals surface area contributed by atoms with Crippen LogP contribution in [-0.4, -0.2) is 28.0 Å². The number of aromatic nitrogens is 2. The molecular formula is C12H24N4O. The summed E-state index contributed by atoms with van der Waals surface area (Å²) >= 11 is 0. The Morgan fingerprint density at radius 3 is 2.65 bits per heavy atom. The Balaban J connectivity index is 2.58. The minimum Gasteiger partial charge on any atom is -0.396 e. The molecule has 5 heteroatoms. The Bertz CT molecular complexity index is 343. The van der Waals surface area contributed by atoms with E-state index >= 15 is 0 Å². The molecule has 0 aliphatic rings. The van der Waals surface area contributed by atoms with Crippen molar-refractivity contribution in [3.8, 4) is 0 Å². The summed E-state index contributed by atoms with van der Waals surface area (Å²) in [4.78, 5) is 0. The van der Waals surface area contributed by atoms with Crippen molar-refractivity contribution in [2.75, 3.05) is 24.2 Å². The Kier molecular flexibility index (Phi) is 5.28. The first kappa shape index (κ1) is 13.8. The maximum absolute atomic E-state index is 9.00. The topological polar surface area (TPSA) is 76.1 Å². The second kappa shape index (κ2) is 6.49. The highest BCUT2D eigenvalue weighted by Crippen LogP contribution is 2.22. The van der Waals surface area contributed by atoms with Gasteiger partial charge < -0.3 is 16.2 Å². The molecule has 0 fully saturated rings. The molecule has 0 aromatic carbocycles. The van der Waals surface area contributed by atoms with Gasteiger partial charge in [-0.2, -0.15) is 5.10 Å². The van der Waals surface area contributed by atoms with Gasteiger partial charge in [-0.25, -0.2) is 0 Å². The van der Waals surface area contributed by atoms with Crippen molar-refractivity contribution < 1.29 is 5.11 Å². The third-order valence-electron chi connectivity index (χ3n) is 3.06. The highest BCUT2D eigenvalue weighted by molar-refractivity contribution is 5.64. The number of rotatable bonds is 7. The van der Waals surface area contributed by atoms with E-state index in [2.05, 4.69) is 17.3 Å². The van der Waals surface area contributed by atoms with Crippen LogP contribution < -0.4 is 11.1 Å². The van der Waals surface area contributed by atoms with Gasteiger partial charge in [0.2, 0.25) is 0 Å². The number of aliphatic hydroxyl groups excluding tert-OH is 1.